The van der Waals surface area contributed by atoms with E-state index in [2.05, 4.69) is 37.3 Å². The van der Waals surface area contributed by atoms with Crippen LogP contribution in [0.4, 0.5) is 0 Å². The van der Waals surface area contributed by atoms with E-state index in [4.69, 9.17) is 9.47 Å². The molecule has 1 aliphatic carbocycles. The molecule has 0 radical (unpaired) electrons. The van der Waals surface area contributed by atoms with Gasteiger partial charge in [-0.15, -0.1) is 0 Å². The minimum Gasteiger partial charge on any atom is -0.374 e. The molecule has 0 unspecified atom stereocenters. The van der Waals surface area contributed by atoms with E-state index in [0.717, 1.165) is 26.1 Å². The molecular formula is C16H22O2. The number of rotatable bonds is 5. The lowest BCUT2D eigenvalue weighted by atomic mass is 9.89. The molecule has 0 amide bonds. The monoisotopic (exact) mass is 246 g/mol. The normalized spacial score (nSPS) is 23.8. The third-order valence-corrected chi connectivity index (χ3v) is 3.28. The van der Waals surface area contributed by atoms with E-state index in [-0.39, 0.29) is 12.2 Å². The van der Waals surface area contributed by atoms with Crippen LogP contribution in [0.2, 0.25) is 0 Å². The van der Waals surface area contributed by atoms with E-state index >= 15 is 0 Å². The summed E-state index contributed by atoms with van der Waals surface area (Å²) in [6.07, 6.45) is 4.78. The fraction of sp³-hybridized carbons (Fsp3) is 0.500. The second kappa shape index (κ2) is 6.72. The standard InChI is InChI=1S/C16H22O2/c1-3-17-14-10-11-16(18-4-2)15(12-14)13-8-6-5-7-9-13/h5-9,12,14,16H,3-4,10-11H2,1-2H3/t14-,16+/m0/s1. The van der Waals surface area contributed by atoms with E-state index < -0.39 is 0 Å². The lowest BCUT2D eigenvalue weighted by Gasteiger charge is -2.29. The zero-order valence-corrected chi connectivity index (χ0v) is 11.3. The van der Waals surface area contributed by atoms with Crippen LogP contribution in [0.1, 0.15) is 32.3 Å². The van der Waals surface area contributed by atoms with Crippen LogP contribution in [-0.2, 0) is 9.47 Å². The fourth-order valence-electron chi connectivity index (χ4n) is 2.49. The molecule has 0 fully saturated rings. The minimum absolute atomic E-state index is 0.217. The van der Waals surface area contributed by atoms with Gasteiger partial charge in [-0.1, -0.05) is 30.3 Å². The second-order valence-electron chi connectivity index (χ2n) is 4.50. The molecule has 1 aromatic rings. The Morgan fingerprint density at radius 2 is 1.72 bits per heavy atom. The largest absolute Gasteiger partial charge is 0.374 e. The molecular weight excluding hydrogens is 224 g/mol. The molecule has 0 aliphatic heterocycles. The Kier molecular flexibility index (Phi) is 4.97. The Morgan fingerprint density at radius 1 is 1.00 bits per heavy atom. The van der Waals surface area contributed by atoms with Crippen LogP contribution in [0.25, 0.3) is 5.57 Å². The van der Waals surface area contributed by atoms with Crippen molar-refractivity contribution in [2.75, 3.05) is 13.2 Å². The molecule has 0 saturated carbocycles. The summed E-state index contributed by atoms with van der Waals surface area (Å²) in [4.78, 5) is 0. The summed E-state index contributed by atoms with van der Waals surface area (Å²) in [6.45, 7) is 5.62. The van der Waals surface area contributed by atoms with Crippen LogP contribution in [0.15, 0.2) is 36.4 Å². The lowest BCUT2D eigenvalue weighted by Crippen LogP contribution is -2.25. The molecule has 98 valence electrons. The summed E-state index contributed by atoms with van der Waals surface area (Å²) in [7, 11) is 0. The molecule has 1 aliphatic rings. The predicted molar refractivity (Wildman–Crippen MR) is 74.5 cm³/mol. The number of hydrogen-bond acceptors (Lipinski definition) is 2. The van der Waals surface area contributed by atoms with Crippen LogP contribution in [0.5, 0.6) is 0 Å². The van der Waals surface area contributed by atoms with Crippen molar-refractivity contribution in [1.29, 1.82) is 0 Å². The van der Waals surface area contributed by atoms with Crippen molar-refractivity contribution in [3.05, 3.63) is 42.0 Å². The number of hydrogen-bond donors (Lipinski definition) is 0. The third kappa shape index (κ3) is 3.21. The highest BCUT2D eigenvalue weighted by atomic mass is 16.5. The third-order valence-electron chi connectivity index (χ3n) is 3.28. The maximum atomic E-state index is 5.85. The molecule has 0 N–H and O–H groups in total. The first-order chi connectivity index (χ1) is 8.85. The Bertz CT molecular complexity index is 383. The van der Waals surface area contributed by atoms with Gasteiger partial charge < -0.3 is 9.47 Å². The van der Waals surface area contributed by atoms with Gasteiger partial charge in [-0.05, 0) is 43.9 Å². The van der Waals surface area contributed by atoms with Gasteiger partial charge in [-0.3, -0.25) is 0 Å². The lowest BCUT2D eigenvalue weighted by molar-refractivity contribution is 0.0483. The van der Waals surface area contributed by atoms with E-state index in [1.54, 1.807) is 0 Å². The molecule has 0 saturated heterocycles. The molecule has 0 bridgehead atoms. The van der Waals surface area contributed by atoms with Crippen molar-refractivity contribution in [2.45, 2.75) is 38.9 Å². The topological polar surface area (TPSA) is 18.5 Å². The van der Waals surface area contributed by atoms with E-state index in [0.29, 0.717) is 0 Å². The molecule has 18 heavy (non-hydrogen) atoms. The van der Waals surface area contributed by atoms with Gasteiger partial charge in [0.25, 0.3) is 0 Å². The van der Waals surface area contributed by atoms with Crippen molar-refractivity contribution < 1.29 is 9.47 Å². The van der Waals surface area contributed by atoms with Crippen molar-refractivity contribution in [3.63, 3.8) is 0 Å². The SMILES string of the molecule is CCO[C@@H]1C=C(c2ccccc2)[C@H](OCC)CC1. The van der Waals surface area contributed by atoms with E-state index in [9.17, 15) is 0 Å². The molecule has 0 aromatic heterocycles. The van der Waals surface area contributed by atoms with Gasteiger partial charge in [-0.25, -0.2) is 0 Å². The Morgan fingerprint density at radius 3 is 2.39 bits per heavy atom. The van der Waals surface area contributed by atoms with Crippen LogP contribution >= 0.6 is 0 Å². The highest BCUT2D eigenvalue weighted by Gasteiger charge is 2.24. The molecule has 2 rings (SSSR count). The van der Waals surface area contributed by atoms with Gasteiger partial charge >= 0.3 is 0 Å². The number of ether oxygens (including phenoxy) is 2. The van der Waals surface area contributed by atoms with E-state index in [1.807, 2.05) is 13.0 Å². The molecule has 1 aromatic carbocycles. The average molecular weight is 246 g/mol. The summed E-state index contributed by atoms with van der Waals surface area (Å²) in [5.74, 6) is 0. The summed E-state index contributed by atoms with van der Waals surface area (Å²) in [5, 5.41) is 0. The van der Waals surface area contributed by atoms with Gasteiger partial charge in [0.15, 0.2) is 0 Å². The zero-order valence-electron chi connectivity index (χ0n) is 11.3. The highest BCUT2D eigenvalue weighted by molar-refractivity contribution is 5.70. The quantitative estimate of drug-likeness (QED) is 0.789. The van der Waals surface area contributed by atoms with Crippen LogP contribution < -0.4 is 0 Å². The Hall–Kier alpha value is -1.12. The summed E-state index contributed by atoms with van der Waals surface area (Å²) < 4.78 is 11.6. The second-order valence-corrected chi connectivity index (χ2v) is 4.50. The van der Waals surface area contributed by atoms with E-state index in [1.165, 1.54) is 11.1 Å². The maximum Gasteiger partial charge on any atom is 0.0829 e. The molecule has 0 spiro atoms. The van der Waals surface area contributed by atoms with Crippen molar-refractivity contribution in [1.82, 2.24) is 0 Å². The molecule has 2 nitrogen and oxygen atoms in total. The first-order valence-electron chi connectivity index (χ1n) is 6.85. The Balaban J connectivity index is 2.23. The van der Waals surface area contributed by atoms with Crippen molar-refractivity contribution in [3.8, 4) is 0 Å². The van der Waals surface area contributed by atoms with Crippen LogP contribution in [0, 0.1) is 0 Å². The van der Waals surface area contributed by atoms with Crippen molar-refractivity contribution >= 4 is 5.57 Å². The van der Waals surface area contributed by atoms with Gasteiger partial charge in [0, 0.05) is 13.2 Å². The first-order valence-corrected chi connectivity index (χ1v) is 6.85. The van der Waals surface area contributed by atoms with Gasteiger partial charge in [0.2, 0.25) is 0 Å². The summed E-state index contributed by atoms with van der Waals surface area (Å²) in [6, 6.07) is 10.5. The highest BCUT2D eigenvalue weighted by Crippen LogP contribution is 2.30. The minimum atomic E-state index is 0.217. The average Bonchev–Trinajstić information content (AvgIpc) is 2.42. The predicted octanol–water partition coefficient (Wildman–Crippen LogP) is 3.67. The van der Waals surface area contributed by atoms with Crippen molar-refractivity contribution in [2.24, 2.45) is 0 Å². The zero-order chi connectivity index (χ0) is 12.8. The summed E-state index contributed by atoms with van der Waals surface area (Å²) in [5.41, 5.74) is 2.53. The first kappa shape index (κ1) is 13.3. The summed E-state index contributed by atoms with van der Waals surface area (Å²) >= 11 is 0. The molecule has 0 heterocycles. The molecule has 2 heteroatoms. The maximum absolute atomic E-state index is 5.85. The van der Waals surface area contributed by atoms with Crippen LogP contribution in [-0.4, -0.2) is 25.4 Å². The molecule has 2 atom stereocenters. The van der Waals surface area contributed by atoms with Gasteiger partial charge in [0.05, 0.1) is 12.2 Å². The van der Waals surface area contributed by atoms with Gasteiger partial charge in [-0.2, -0.15) is 0 Å². The Labute approximate surface area is 110 Å². The smallest absolute Gasteiger partial charge is 0.0829 e. The number of benzene rings is 1. The van der Waals surface area contributed by atoms with Crippen LogP contribution in [0.3, 0.4) is 0 Å². The fourth-order valence-corrected chi connectivity index (χ4v) is 2.49. The van der Waals surface area contributed by atoms with Gasteiger partial charge in [0.1, 0.15) is 0 Å².